The van der Waals surface area contributed by atoms with Gasteiger partial charge in [-0.3, -0.25) is 4.79 Å². The lowest BCUT2D eigenvalue weighted by atomic mass is 10.1. The van der Waals surface area contributed by atoms with Crippen molar-refractivity contribution in [1.29, 1.82) is 5.26 Å². The third-order valence-corrected chi connectivity index (χ3v) is 5.01. The topological polar surface area (TPSA) is 118 Å². The van der Waals surface area contributed by atoms with Gasteiger partial charge in [0.15, 0.2) is 23.4 Å². The Kier molecular flexibility index (Phi) is 4.13. The Bertz CT molecular complexity index is 1200. The van der Waals surface area contributed by atoms with Gasteiger partial charge in [0.1, 0.15) is 18.0 Å². The fraction of sp³-hybridized carbons (Fsp3) is 0.316. The first-order valence-electron chi connectivity index (χ1n) is 9.30. The second kappa shape index (κ2) is 6.84. The number of nitriles is 1. The van der Waals surface area contributed by atoms with Crippen LogP contribution in [0.25, 0.3) is 5.65 Å². The van der Waals surface area contributed by atoms with Gasteiger partial charge in [-0.1, -0.05) is 0 Å². The van der Waals surface area contributed by atoms with E-state index >= 15 is 0 Å². The van der Waals surface area contributed by atoms with Crippen LogP contribution in [0.2, 0.25) is 0 Å². The van der Waals surface area contributed by atoms with E-state index in [9.17, 15) is 14.4 Å². The van der Waals surface area contributed by atoms with Crippen LogP contribution in [-0.2, 0) is 6.54 Å². The fourth-order valence-electron chi connectivity index (χ4n) is 3.61. The molecule has 2 aliphatic rings. The average molecular weight is 409 g/mol. The number of pyridine rings is 1. The van der Waals surface area contributed by atoms with Crippen LogP contribution in [0.3, 0.4) is 0 Å². The molecule has 2 atom stereocenters. The van der Waals surface area contributed by atoms with Crippen LogP contribution in [0.1, 0.15) is 29.3 Å². The zero-order valence-electron chi connectivity index (χ0n) is 15.9. The second-order valence-corrected chi connectivity index (χ2v) is 7.06. The first-order valence-corrected chi connectivity index (χ1v) is 9.30. The monoisotopic (exact) mass is 409 g/mol. The molecule has 5 heterocycles. The summed E-state index contributed by atoms with van der Waals surface area (Å²) < 4.78 is 27.0. The van der Waals surface area contributed by atoms with Crippen molar-refractivity contribution in [3.05, 3.63) is 41.6 Å². The first kappa shape index (κ1) is 18.1. The highest BCUT2D eigenvalue weighted by atomic mass is 19.1. The molecule has 0 fully saturated rings. The summed E-state index contributed by atoms with van der Waals surface area (Å²) >= 11 is 0. The van der Waals surface area contributed by atoms with Crippen LogP contribution < -0.4 is 19.7 Å². The van der Waals surface area contributed by atoms with Crippen molar-refractivity contribution in [3.8, 4) is 17.7 Å². The molecule has 2 bridgehead atoms. The van der Waals surface area contributed by atoms with Crippen LogP contribution in [0.15, 0.2) is 24.7 Å². The number of nitrogens with one attached hydrogen (secondary N) is 1. The molecule has 0 saturated carbocycles. The quantitative estimate of drug-likeness (QED) is 0.641. The summed E-state index contributed by atoms with van der Waals surface area (Å²) in [5.41, 5.74) is 1.06. The molecule has 2 aliphatic heterocycles. The van der Waals surface area contributed by atoms with Crippen LogP contribution in [0.4, 0.5) is 10.2 Å². The molecule has 0 spiro atoms. The predicted octanol–water partition coefficient (Wildman–Crippen LogP) is 1.41. The van der Waals surface area contributed by atoms with Crippen LogP contribution in [0.5, 0.6) is 11.6 Å². The number of amides is 1. The van der Waals surface area contributed by atoms with Gasteiger partial charge in [0, 0.05) is 5.56 Å². The molecule has 5 rings (SSSR count). The zero-order chi connectivity index (χ0) is 20.8. The summed E-state index contributed by atoms with van der Waals surface area (Å²) in [4.78, 5) is 23.3. The Balaban J connectivity index is 1.73. The smallest absolute Gasteiger partial charge is 0.259 e. The van der Waals surface area contributed by atoms with Crippen LogP contribution in [-0.4, -0.2) is 44.4 Å². The highest BCUT2D eigenvalue weighted by Gasteiger charge is 2.32. The third-order valence-electron chi connectivity index (χ3n) is 5.01. The van der Waals surface area contributed by atoms with Crippen LogP contribution in [0, 0.1) is 17.1 Å². The normalized spacial score (nSPS) is 20.3. The number of nitrogens with zero attached hydrogens (tertiary/aromatic N) is 6. The fourth-order valence-corrected chi connectivity index (χ4v) is 3.61. The molecular formula is C19H16FN7O3. The molecule has 1 N–H and O–H groups in total. The van der Waals surface area contributed by atoms with E-state index < -0.39 is 18.0 Å². The first-order chi connectivity index (χ1) is 14.5. The molecule has 30 heavy (non-hydrogen) atoms. The van der Waals surface area contributed by atoms with Crippen molar-refractivity contribution < 1.29 is 18.7 Å². The molecule has 0 radical (unpaired) electrons. The van der Waals surface area contributed by atoms with E-state index in [0.29, 0.717) is 22.8 Å². The van der Waals surface area contributed by atoms with Gasteiger partial charge < -0.3 is 19.7 Å². The minimum absolute atomic E-state index is 0.175. The van der Waals surface area contributed by atoms with Crippen molar-refractivity contribution in [2.24, 2.45) is 0 Å². The second-order valence-electron chi connectivity index (χ2n) is 7.06. The van der Waals surface area contributed by atoms with Crippen LogP contribution >= 0.6 is 0 Å². The number of carbonyl (C=O) groups excluding carboxylic acids is 1. The predicted molar refractivity (Wildman–Crippen MR) is 100 cm³/mol. The van der Waals surface area contributed by atoms with Gasteiger partial charge >= 0.3 is 0 Å². The van der Waals surface area contributed by atoms with Crippen molar-refractivity contribution in [2.75, 3.05) is 11.5 Å². The third kappa shape index (κ3) is 2.93. The summed E-state index contributed by atoms with van der Waals surface area (Å²) in [7, 11) is 0. The van der Waals surface area contributed by atoms with Crippen molar-refractivity contribution in [3.63, 3.8) is 0 Å². The lowest BCUT2D eigenvalue weighted by Gasteiger charge is -2.37. The number of ether oxygens (including phenoxy) is 2. The lowest BCUT2D eigenvalue weighted by Crippen LogP contribution is -2.44. The Morgan fingerprint density at radius 3 is 3.13 bits per heavy atom. The van der Waals surface area contributed by atoms with Crippen molar-refractivity contribution in [2.45, 2.75) is 32.2 Å². The van der Waals surface area contributed by atoms with Gasteiger partial charge in [0.2, 0.25) is 5.88 Å². The van der Waals surface area contributed by atoms with Gasteiger partial charge in [-0.05, 0) is 13.0 Å². The summed E-state index contributed by atoms with van der Waals surface area (Å²) in [6.45, 7) is 2.09. The molecule has 10 nitrogen and oxygen atoms in total. The minimum Gasteiger partial charge on any atom is -0.486 e. The summed E-state index contributed by atoms with van der Waals surface area (Å²) in [6, 6.07) is 3.15. The van der Waals surface area contributed by atoms with E-state index in [4.69, 9.17) is 9.47 Å². The maximum Gasteiger partial charge on any atom is 0.259 e. The van der Waals surface area contributed by atoms with E-state index in [-0.39, 0.29) is 37.1 Å². The number of hydrogen-bond acceptors (Lipinski definition) is 8. The maximum atomic E-state index is 14.0. The number of anilines is 1. The number of fused-ring (bicyclic) bond motifs is 1. The molecule has 0 saturated heterocycles. The largest absolute Gasteiger partial charge is 0.486 e. The van der Waals surface area contributed by atoms with Crippen molar-refractivity contribution >= 4 is 17.4 Å². The molecule has 3 aromatic rings. The standard InChI is InChI=1S/C19H16FN7O3/c1-10-24-18(28)14-6-23-27-8-15-17(25-16(14)27)26(13(2-3-21)9-29-15)7-11-4-12(20)5-22-19(11)30-10/h4-6,8,10,13H,2,7,9H2,1H3,(H,24,28)/t10-,13+/m0/s1. The molecule has 11 heteroatoms. The maximum absolute atomic E-state index is 14.0. The average Bonchev–Trinajstić information content (AvgIpc) is 3.12. The molecule has 0 aliphatic carbocycles. The Morgan fingerprint density at radius 1 is 1.43 bits per heavy atom. The number of hydrogen-bond donors (Lipinski definition) is 1. The summed E-state index contributed by atoms with van der Waals surface area (Å²) in [6.07, 6.45) is 3.55. The lowest BCUT2D eigenvalue weighted by molar-refractivity contribution is 0.0845. The van der Waals surface area contributed by atoms with E-state index in [1.807, 2.05) is 4.90 Å². The van der Waals surface area contributed by atoms with E-state index in [2.05, 4.69) is 26.5 Å². The Hall–Kier alpha value is -3.94. The summed E-state index contributed by atoms with van der Waals surface area (Å²) in [5.74, 6) is 0.125. The number of halogens is 1. The number of aromatic nitrogens is 4. The van der Waals surface area contributed by atoms with Gasteiger partial charge in [-0.15, -0.1) is 0 Å². The number of rotatable bonds is 1. The molecule has 152 valence electrons. The van der Waals surface area contributed by atoms with Gasteiger partial charge in [0.25, 0.3) is 5.91 Å². The number of carbonyl (C=O) groups is 1. The Labute approximate surface area is 169 Å². The molecule has 0 aromatic carbocycles. The highest BCUT2D eigenvalue weighted by Crippen LogP contribution is 2.36. The van der Waals surface area contributed by atoms with Gasteiger partial charge in [-0.25, -0.2) is 18.9 Å². The van der Waals surface area contributed by atoms with E-state index in [1.54, 1.807) is 13.1 Å². The van der Waals surface area contributed by atoms with Gasteiger partial charge in [0.05, 0.1) is 43.7 Å². The summed E-state index contributed by atoms with van der Waals surface area (Å²) in [5, 5.41) is 16.2. The molecular weight excluding hydrogens is 393 g/mol. The van der Waals surface area contributed by atoms with Crippen molar-refractivity contribution in [1.82, 2.24) is 24.9 Å². The SMILES string of the molecule is C[C@H]1NC(=O)c2cnn3cc4c(nc23)N(Cc2cc(F)cnc2O1)[C@H](CC#N)CO4. The van der Waals surface area contributed by atoms with E-state index in [0.717, 1.165) is 6.20 Å². The van der Waals surface area contributed by atoms with Gasteiger partial charge in [-0.2, -0.15) is 10.4 Å². The van der Waals surface area contributed by atoms with E-state index in [1.165, 1.54) is 16.8 Å². The molecule has 0 unspecified atom stereocenters. The highest BCUT2D eigenvalue weighted by molar-refractivity contribution is 6.00. The molecule has 1 amide bonds. The Morgan fingerprint density at radius 2 is 2.30 bits per heavy atom. The minimum atomic E-state index is -0.734. The zero-order valence-corrected chi connectivity index (χ0v) is 15.9. The molecule has 3 aromatic heterocycles.